The molecule has 6 nitrogen and oxygen atoms in total. The van der Waals surface area contributed by atoms with Crippen molar-refractivity contribution in [3.05, 3.63) is 109 Å². The van der Waals surface area contributed by atoms with Crippen molar-refractivity contribution in [2.75, 3.05) is 13.2 Å². The van der Waals surface area contributed by atoms with Gasteiger partial charge in [0.15, 0.2) is 6.10 Å². The predicted molar refractivity (Wildman–Crippen MR) is 283 cm³/mol. The highest BCUT2D eigenvalue weighted by atomic mass is 16.6. The highest BCUT2D eigenvalue weighted by Crippen LogP contribution is 2.15. The van der Waals surface area contributed by atoms with Gasteiger partial charge in [-0.15, -0.1) is 0 Å². The second-order valence-electron chi connectivity index (χ2n) is 17.4. The fourth-order valence-corrected chi connectivity index (χ4v) is 7.07. The molecule has 1 unspecified atom stereocenters. The number of carbonyl (C=O) groups is 3. The molecule has 0 aliphatic heterocycles. The van der Waals surface area contributed by atoms with Crippen molar-refractivity contribution in [1.82, 2.24) is 0 Å². The molecule has 0 rings (SSSR count). The molecular formula is C60H98O6. The van der Waals surface area contributed by atoms with E-state index in [-0.39, 0.29) is 44.0 Å². The van der Waals surface area contributed by atoms with E-state index in [0.29, 0.717) is 19.3 Å². The van der Waals surface area contributed by atoms with Crippen molar-refractivity contribution in [2.24, 2.45) is 0 Å². The van der Waals surface area contributed by atoms with Gasteiger partial charge >= 0.3 is 17.9 Å². The number of carbonyl (C=O) groups excluding carboxylic acids is 3. The van der Waals surface area contributed by atoms with E-state index in [4.69, 9.17) is 14.2 Å². The number of rotatable bonds is 47. The van der Waals surface area contributed by atoms with E-state index in [1.165, 1.54) is 83.5 Å². The van der Waals surface area contributed by atoms with Gasteiger partial charge in [0, 0.05) is 19.3 Å². The van der Waals surface area contributed by atoms with Gasteiger partial charge in [0.2, 0.25) is 0 Å². The smallest absolute Gasteiger partial charge is 0.306 e. The monoisotopic (exact) mass is 915 g/mol. The summed E-state index contributed by atoms with van der Waals surface area (Å²) in [7, 11) is 0. The third-order valence-corrected chi connectivity index (χ3v) is 11.0. The topological polar surface area (TPSA) is 78.9 Å². The van der Waals surface area contributed by atoms with Crippen LogP contribution in [0.5, 0.6) is 0 Å². The molecule has 0 radical (unpaired) electrons. The minimum absolute atomic E-state index is 0.114. The first-order valence-corrected chi connectivity index (χ1v) is 26.9. The summed E-state index contributed by atoms with van der Waals surface area (Å²) in [5.74, 6) is -1.03. The highest BCUT2D eigenvalue weighted by Gasteiger charge is 2.19. The summed E-state index contributed by atoms with van der Waals surface area (Å²) in [6, 6.07) is 0. The van der Waals surface area contributed by atoms with Crippen molar-refractivity contribution in [3.63, 3.8) is 0 Å². The van der Waals surface area contributed by atoms with Crippen molar-refractivity contribution < 1.29 is 28.6 Å². The first kappa shape index (κ1) is 62.1. The molecule has 0 aliphatic rings. The Morgan fingerprint density at radius 2 is 0.621 bits per heavy atom. The largest absolute Gasteiger partial charge is 0.462 e. The minimum Gasteiger partial charge on any atom is -0.462 e. The molecule has 6 heteroatoms. The fraction of sp³-hybridized carbons (Fsp3) is 0.650. The van der Waals surface area contributed by atoms with Crippen molar-refractivity contribution in [1.29, 1.82) is 0 Å². The van der Waals surface area contributed by atoms with Crippen LogP contribution in [0.15, 0.2) is 109 Å². The summed E-state index contributed by atoms with van der Waals surface area (Å²) >= 11 is 0. The van der Waals surface area contributed by atoms with E-state index >= 15 is 0 Å². The highest BCUT2D eigenvalue weighted by molar-refractivity contribution is 5.71. The molecule has 0 amide bonds. The maximum Gasteiger partial charge on any atom is 0.306 e. The number of allylic oxidation sites excluding steroid dienone is 18. The molecule has 0 saturated heterocycles. The Hall–Kier alpha value is -3.93. The van der Waals surface area contributed by atoms with E-state index in [9.17, 15) is 14.4 Å². The molecule has 0 spiro atoms. The maximum absolute atomic E-state index is 12.8. The van der Waals surface area contributed by atoms with E-state index < -0.39 is 6.10 Å². The Kier molecular flexibility index (Phi) is 50.5. The van der Waals surface area contributed by atoms with Gasteiger partial charge in [-0.1, -0.05) is 233 Å². The summed E-state index contributed by atoms with van der Waals surface area (Å²) in [5.41, 5.74) is 0. The van der Waals surface area contributed by atoms with Crippen LogP contribution in [0, 0.1) is 0 Å². The number of unbranched alkanes of at least 4 members (excludes halogenated alkanes) is 18. The van der Waals surface area contributed by atoms with Gasteiger partial charge in [0.1, 0.15) is 13.2 Å². The fourth-order valence-electron chi connectivity index (χ4n) is 7.07. The molecule has 0 fully saturated rings. The minimum atomic E-state index is -0.825. The molecule has 0 heterocycles. The number of esters is 3. The normalized spacial score (nSPS) is 13.0. The molecule has 0 aliphatic carbocycles. The summed E-state index contributed by atoms with van der Waals surface area (Å²) < 4.78 is 16.7. The van der Waals surface area contributed by atoms with E-state index in [1.54, 1.807) is 0 Å². The predicted octanol–water partition coefficient (Wildman–Crippen LogP) is 17.9. The standard InChI is InChI=1S/C60H98O6/c1-4-7-10-13-16-19-22-25-28-31-34-37-40-43-46-49-52-58(61)64-55-57(66-60(63)54-51-48-45-42-39-36-33-30-27-24-21-18-15-12-9-6-3)56-65-59(62)53-50-47-44-41-38-35-32-29-26-23-20-17-14-11-8-5-2/h7,9-10,12,16,18-19,21,25,27-28,30,34,36-37,39,43,46,57H,4-6,8,11,13-15,17,20,22-24,26,29,31-33,35,38,40-42,44-45,47-56H2,1-3H3/b10-7-,12-9-,19-16-,21-18-,28-25-,30-27-,37-34-,39-36-,46-43-. The third-order valence-electron chi connectivity index (χ3n) is 11.0. The Balaban J connectivity index is 4.54. The Morgan fingerprint density at radius 1 is 0.318 bits per heavy atom. The van der Waals surface area contributed by atoms with Crippen LogP contribution in [-0.4, -0.2) is 37.2 Å². The molecule has 1 atom stereocenters. The van der Waals surface area contributed by atoms with E-state index in [0.717, 1.165) is 96.3 Å². The molecular weight excluding hydrogens is 817 g/mol. The van der Waals surface area contributed by atoms with Crippen molar-refractivity contribution in [3.8, 4) is 0 Å². The molecule has 0 aromatic rings. The Labute approximate surface area is 406 Å². The third kappa shape index (κ3) is 51.1. The zero-order chi connectivity index (χ0) is 47.9. The van der Waals surface area contributed by atoms with Crippen LogP contribution >= 0.6 is 0 Å². The van der Waals surface area contributed by atoms with Crippen LogP contribution < -0.4 is 0 Å². The SMILES string of the molecule is CC/C=C\C/C=C\C/C=C\C/C=C\C/C=C\CCC(=O)OCC(COC(=O)CCCCCCCCCCCCCCCCCC)OC(=O)CCCCC/C=C\C/C=C\C/C=C\C/C=C\CC. The van der Waals surface area contributed by atoms with Gasteiger partial charge < -0.3 is 14.2 Å². The lowest BCUT2D eigenvalue weighted by Gasteiger charge is -2.18. The van der Waals surface area contributed by atoms with Gasteiger partial charge in [-0.25, -0.2) is 0 Å². The first-order valence-electron chi connectivity index (χ1n) is 26.9. The van der Waals surface area contributed by atoms with Crippen molar-refractivity contribution >= 4 is 17.9 Å². The Bertz CT molecular complexity index is 1370. The summed E-state index contributed by atoms with van der Waals surface area (Å²) in [6.07, 6.45) is 72.3. The summed E-state index contributed by atoms with van der Waals surface area (Å²) in [4.78, 5) is 38.0. The van der Waals surface area contributed by atoms with Gasteiger partial charge in [-0.05, 0) is 89.9 Å². The second-order valence-corrected chi connectivity index (χ2v) is 17.4. The molecule has 0 bridgehead atoms. The van der Waals surface area contributed by atoms with Gasteiger partial charge in [-0.2, -0.15) is 0 Å². The zero-order valence-electron chi connectivity index (χ0n) is 42.7. The Morgan fingerprint density at radius 3 is 1.02 bits per heavy atom. The average molecular weight is 915 g/mol. The van der Waals surface area contributed by atoms with Crippen LogP contribution in [0.3, 0.4) is 0 Å². The van der Waals surface area contributed by atoms with Crippen molar-refractivity contribution in [2.45, 2.75) is 239 Å². The lowest BCUT2D eigenvalue weighted by atomic mass is 10.0. The number of hydrogen-bond donors (Lipinski definition) is 0. The average Bonchev–Trinajstić information content (AvgIpc) is 3.31. The molecule has 374 valence electrons. The molecule has 0 aromatic heterocycles. The van der Waals surface area contributed by atoms with E-state index in [2.05, 4.69) is 118 Å². The van der Waals surface area contributed by atoms with Crippen LogP contribution in [-0.2, 0) is 28.6 Å². The second kappa shape index (κ2) is 53.7. The number of ether oxygens (including phenoxy) is 3. The lowest BCUT2D eigenvalue weighted by Crippen LogP contribution is -2.30. The molecule has 0 saturated carbocycles. The van der Waals surface area contributed by atoms with Gasteiger partial charge in [0.25, 0.3) is 0 Å². The number of hydrogen-bond acceptors (Lipinski definition) is 6. The zero-order valence-corrected chi connectivity index (χ0v) is 42.7. The maximum atomic E-state index is 12.8. The van der Waals surface area contributed by atoms with Crippen LogP contribution in [0.2, 0.25) is 0 Å². The lowest BCUT2D eigenvalue weighted by molar-refractivity contribution is -0.166. The first-order chi connectivity index (χ1) is 32.5. The van der Waals surface area contributed by atoms with Gasteiger partial charge in [0.05, 0.1) is 0 Å². The van der Waals surface area contributed by atoms with Gasteiger partial charge in [-0.3, -0.25) is 14.4 Å². The quantitative estimate of drug-likeness (QED) is 0.0262. The van der Waals surface area contributed by atoms with Crippen LogP contribution in [0.4, 0.5) is 0 Å². The van der Waals surface area contributed by atoms with Crippen LogP contribution in [0.25, 0.3) is 0 Å². The summed E-state index contributed by atoms with van der Waals surface area (Å²) in [5, 5.41) is 0. The summed E-state index contributed by atoms with van der Waals surface area (Å²) in [6.45, 7) is 6.32. The molecule has 0 aromatic carbocycles. The molecule has 0 N–H and O–H groups in total. The molecule has 66 heavy (non-hydrogen) atoms. The van der Waals surface area contributed by atoms with Crippen LogP contribution in [0.1, 0.15) is 233 Å². The van der Waals surface area contributed by atoms with E-state index in [1.807, 2.05) is 12.2 Å².